The van der Waals surface area contributed by atoms with Crippen molar-refractivity contribution >= 4 is 23.5 Å². The van der Waals surface area contributed by atoms with E-state index < -0.39 is 35.7 Å². The maximum atomic E-state index is 13.9. The van der Waals surface area contributed by atoms with Gasteiger partial charge in [0.2, 0.25) is 17.6 Å². The Bertz CT molecular complexity index is 1880. The van der Waals surface area contributed by atoms with Crippen LogP contribution in [0.3, 0.4) is 0 Å². The van der Waals surface area contributed by atoms with Gasteiger partial charge in [0.05, 0.1) is 39.1 Å². The molecule has 0 saturated carbocycles. The Morgan fingerprint density at radius 1 is 0.759 bits per heavy atom. The molecule has 0 aliphatic heterocycles. The van der Waals surface area contributed by atoms with Crippen LogP contribution in [0.4, 0.5) is 32.0 Å². The largest absolute Gasteiger partial charge is 0.493 e. The highest BCUT2D eigenvalue weighted by Crippen LogP contribution is 2.40. The van der Waals surface area contributed by atoms with Crippen LogP contribution >= 0.6 is 0 Å². The highest BCUT2D eigenvalue weighted by atomic mass is 19.4. The van der Waals surface area contributed by atoms with Gasteiger partial charge in [-0.15, -0.1) is 0 Å². The number of ether oxygens (including phenoxy) is 4. The molecule has 4 rings (SSSR count). The fourth-order valence-corrected chi connectivity index (χ4v) is 4.93. The zero-order chi connectivity index (χ0) is 40.1. The van der Waals surface area contributed by atoms with Gasteiger partial charge in [-0.25, -0.2) is 4.79 Å². The van der Waals surface area contributed by atoms with Gasteiger partial charge in [-0.05, 0) is 59.2 Å². The first kappa shape index (κ1) is 42.4. The lowest BCUT2D eigenvalue weighted by atomic mass is 10.1. The van der Waals surface area contributed by atoms with Gasteiger partial charge in [-0.1, -0.05) is 42.5 Å². The Morgan fingerprint density at radius 2 is 1.37 bits per heavy atom. The van der Waals surface area contributed by atoms with Crippen LogP contribution in [0.1, 0.15) is 35.1 Å². The number of carboxylic acids is 1. The summed E-state index contributed by atoms with van der Waals surface area (Å²) < 4.78 is 94.6. The Labute approximate surface area is 306 Å². The minimum Gasteiger partial charge on any atom is -0.493 e. The van der Waals surface area contributed by atoms with Crippen molar-refractivity contribution in [3.8, 4) is 28.7 Å². The predicted molar refractivity (Wildman–Crippen MR) is 184 cm³/mol. The number of amides is 2. The Hall–Kier alpha value is -5.97. The summed E-state index contributed by atoms with van der Waals surface area (Å²) in [7, 11) is 4.44. The van der Waals surface area contributed by atoms with Gasteiger partial charge in [-0.3, -0.25) is 9.59 Å². The average molecular weight is 766 g/mol. The number of methoxy groups -OCH3 is 3. The molecule has 0 saturated heterocycles. The van der Waals surface area contributed by atoms with Gasteiger partial charge in [0.15, 0.2) is 17.2 Å². The first-order valence-electron chi connectivity index (χ1n) is 15.9. The molecule has 0 aliphatic carbocycles. The Morgan fingerprint density at radius 3 is 1.94 bits per heavy atom. The molecule has 4 aromatic rings. The van der Waals surface area contributed by atoms with Crippen LogP contribution in [-0.2, 0) is 40.2 Å². The molecule has 0 aromatic heterocycles. The monoisotopic (exact) mass is 765 g/mol. The maximum Gasteiger partial charge on any atom is 0.490 e. The summed E-state index contributed by atoms with van der Waals surface area (Å²) in [5, 5.41) is 9.63. The van der Waals surface area contributed by atoms with Gasteiger partial charge in [0.25, 0.3) is 0 Å². The third-order valence-electron chi connectivity index (χ3n) is 7.49. The highest BCUT2D eigenvalue weighted by Gasteiger charge is 2.38. The van der Waals surface area contributed by atoms with Crippen molar-refractivity contribution in [2.24, 2.45) is 5.73 Å². The number of carbonyl (C=O) groups is 3. The number of para-hydroxylation sites is 2. The third-order valence-corrected chi connectivity index (χ3v) is 7.49. The fraction of sp³-hybridized carbons (Fsp3) is 0.270. The topological polar surface area (TPSA) is 150 Å². The first-order valence-corrected chi connectivity index (χ1v) is 15.9. The SMILES string of the molecule is COc1cc(CN(C(=O)CCC(=O)NCc2ccccc2C(F)(F)F)c2ccccc2Oc2cccc(CN)c2)cc(OC)c1OC.O=C(O)C(F)(F)F. The second-order valence-corrected chi connectivity index (χ2v) is 11.2. The molecule has 11 nitrogen and oxygen atoms in total. The molecule has 2 amide bonds. The number of nitrogens with zero attached hydrogens (tertiary/aromatic N) is 1. The lowest BCUT2D eigenvalue weighted by molar-refractivity contribution is -0.192. The standard InChI is InChI=1S/C35H36F3N3O6.C2HF3O2/c1-44-30-18-24(19-31(45-2)34(30)46-3)22-41(28-13-6-7-14-29(28)47-26-11-8-9-23(17-26)20-39)33(43)16-15-32(42)40-21-25-10-4-5-12-27(25)35(36,37)38;3-2(4,5)1(6)7/h4-14,17-19H,15-16,20-22,39H2,1-3H3,(H,40,42);(H,6,7). The molecule has 0 radical (unpaired) electrons. The van der Waals surface area contributed by atoms with Crippen molar-refractivity contribution in [1.29, 1.82) is 0 Å². The third kappa shape index (κ3) is 12.0. The minimum atomic E-state index is -5.08. The van der Waals surface area contributed by atoms with Gasteiger partial charge in [0, 0.05) is 25.9 Å². The van der Waals surface area contributed by atoms with E-state index in [9.17, 15) is 35.9 Å². The van der Waals surface area contributed by atoms with Crippen LogP contribution in [0.25, 0.3) is 0 Å². The summed E-state index contributed by atoms with van der Waals surface area (Å²) in [4.78, 5) is 37.0. The van der Waals surface area contributed by atoms with E-state index in [0.29, 0.717) is 46.5 Å². The second-order valence-electron chi connectivity index (χ2n) is 11.2. The van der Waals surface area contributed by atoms with E-state index in [2.05, 4.69) is 5.32 Å². The molecular weight excluding hydrogens is 728 g/mol. The summed E-state index contributed by atoms with van der Waals surface area (Å²) in [6.07, 6.45) is -10.2. The molecule has 0 unspecified atom stereocenters. The second kappa shape index (κ2) is 19.2. The number of benzene rings is 4. The molecule has 4 aromatic carbocycles. The number of halogens is 6. The van der Waals surface area contributed by atoms with E-state index in [1.165, 1.54) is 44.4 Å². The molecule has 0 bridgehead atoms. The number of hydrogen-bond donors (Lipinski definition) is 3. The normalized spacial score (nSPS) is 11.1. The quantitative estimate of drug-likeness (QED) is 0.113. The molecule has 0 atom stereocenters. The molecule has 290 valence electrons. The van der Waals surface area contributed by atoms with E-state index in [1.807, 2.05) is 12.1 Å². The Kier molecular flexibility index (Phi) is 15.1. The van der Waals surface area contributed by atoms with Crippen LogP contribution in [0.5, 0.6) is 28.7 Å². The van der Waals surface area contributed by atoms with Gasteiger partial charge >= 0.3 is 18.3 Å². The Balaban J connectivity index is 0.00000102. The molecule has 0 fully saturated rings. The number of hydrogen-bond acceptors (Lipinski definition) is 8. The number of anilines is 1. The molecule has 0 aliphatic rings. The van der Waals surface area contributed by atoms with Gasteiger partial charge in [0.1, 0.15) is 5.75 Å². The van der Waals surface area contributed by atoms with Crippen molar-refractivity contribution in [2.75, 3.05) is 26.2 Å². The number of nitrogens with two attached hydrogens (primary N) is 1. The summed E-state index contributed by atoms with van der Waals surface area (Å²) in [5.74, 6) is -1.74. The average Bonchev–Trinajstić information content (AvgIpc) is 3.14. The zero-order valence-corrected chi connectivity index (χ0v) is 29.2. The molecule has 0 heterocycles. The van der Waals surface area contributed by atoms with Crippen LogP contribution in [-0.4, -0.2) is 50.4 Å². The number of carbonyl (C=O) groups excluding carboxylic acids is 2. The number of nitrogens with one attached hydrogen (secondary N) is 1. The van der Waals surface area contributed by atoms with Crippen LogP contribution in [0, 0.1) is 0 Å². The molecule has 17 heteroatoms. The smallest absolute Gasteiger partial charge is 0.490 e. The first-order chi connectivity index (χ1) is 25.5. The molecular formula is C37H37F6N3O8. The van der Waals surface area contributed by atoms with Crippen LogP contribution in [0.2, 0.25) is 0 Å². The summed E-state index contributed by atoms with van der Waals surface area (Å²) >= 11 is 0. The summed E-state index contributed by atoms with van der Waals surface area (Å²) in [5.41, 5.74) is 6.80. The van der Waals surface area contributed by atoms with E-state index in [4.69, 9.17) is 34.6 Å². The lowest BCUT2D eigenvalue weighted by Gasteiger charge is -2.26. The summed E-state index contributed by atoms with van der Waals surface area (Å²) in [6, 6.07) is 22.6. The van der Waals surface area contributed by atoms with E-state index >= 15 is 0 Å². The molecule has 54 heavy (non-hydrogen) atoms. The summed E-state index contributed by atoms with van der Waals surface area (Å²) in [6.45, 7) is 0.00415. The van der Waals surface area contributed by atoms with Gasteiger partial charge in [-0.2, -0.15) is 26.3 Å². The zero-order valence-electron chi connectivity index (χ0n) is 29.2. The molecule has 0 spiro atoms. The minimum absolute atomic E-state index is 0.0271. The van der Waals surface area contributed by atoms with Gasteiger partial charge < -0.3 is 40.0 Å². The van der Waals surface area contributed by atoms with Crippen molar-refractivity contribution in [1.82, 2.24) is 5.32 Å². The number of aliphatic carboxylic acids is 1. The predicted octanol–water partition coefficient (Wildman–Crippen LogP) is 7.25. The molecule has 4 N–H and O–H groups in total. The van der Waals surface area contributed by atoms with Crippen LogP contribution < -0.4 is 34.9 Å². The van der Waals surface area contributed by atoms with Crippen molar-refractivity contribution < 1.29 is 64.8 Å². The van der Waals surface area contributed by atoms with Crippen molar-refractivity contribution in [2.45, 2.75) is 44.8 Å². The number of carboxylic acid groups (broad SMARTS) is 1. The van der Waals surface area contributed by atoms with E-state index in [1.54, 1.807) is 48.5 Å². The number of alkyl halides is 6. The van der Waals surface area contributed by atoms with E-state index in [-0.39, 0.29) is 31.5 Å². The number of rotatable bonds is 14. The van der Waals surface area contributed by atoms with Crippen molar-refractivity contribution in [3.05, 3.63) is 107 Å². The van der Waals surface area contributed by atoms with E-state index in [0.717, 1.165) is 11.6 Å². The van der Waals surface area contributed by atoms with Crippen molar-refractivity contribution in [3.63, 3.8) is 0 Å². The fourth-order valence-electron chi connectivity index (χ4n) is 4.93. The maximum absolute atomic E-state index is 13.9. The lowest BCUT2D eigenvalue weighted by Crippen LogP contribution is -2.32. The van der Waals surface area contributed by atoms with Crippen LogP contribution in [0.15, 0.2) is 84.9 Å². The highest BCUT2D eigenvalue weighted by molar-refractivity contribution is 5.96.